The lowest BCUT2D eigenvalue weighted by atomic mass is 10.1. The Hall–Kier alpha value is -2.82. The lowest BCUT2D eigenvalue weighted by Crippen LogP contribution is -2.37. The Kier molecular flexibility index (Phi) is 7.28. The third-order valence-electron chi connectivity index (χ3n) is 5.33. The van der Waals surface area contributed by atoms with Crippen molar-refractivity contribution in [2.75, 3.05) is 18.4 Å². The summed E-state index contributed by atoms with van der Waals surface area (Å²) < 4.78 is 5.91. The van der Waals surface area contributed by atoms with Crippen molar-refractivity contribution < 1.29 is 14.3 Å². The largest absolute Gasteiger partial charge is 0.481 e. The van der Waals surface area contributed by atoms with Crippen LogP contribution in [0.3, 0.4) is 0 Å². The van der Waals surface area contributed by atoms with Gasteiger partial charge < -0.3 is 15.0 Å². The number of nitrogens with zero attached hydrogens (tertiary/aromatic N) is 1. The summed E-state index contributed by atoms with van der Waals surface area (Å²) in [5.74, 6) is 0.401. The number of benzene rings is 2. The number of aryl methyl sites for hydroxylation is 1. The van der Waals surface area contributed by atoms with E-state index in [1.54, 1.807) is 12.1 Å². The number of carbonyl (C=O) groups excluding carboxylic acids is 2. The van der Waals surface area contributed by atoms with E-state index >= 15 is 0 Å². The number of hydrogen-bond donors (Lipinski definition) is 1. The van der Waals surface area contributed by atoms with Gasteiger partial charge >= 0.3 is 0 Å². The average Bonchev–Trinajstić information content (AvgIpc) is 2.78. The van der Waals surface area contributed by atoms with Crippen molar-refractivity contribution in [2.24, 2.45) is 0 Å². The molecule has 1 atom stereocenters. The van der Waals surface area contributed by atoms with Crippen molar-refractivity contribution in [3.8, 4) is 5.75 Å². The molecule has 2 aromatic rings. The SMILES string of the molecule is CCc1ccc(O[C@H](CC)C(=O)Nc2ccccc2C(=O)N2CCCCC2)cc1. The number of anilines is 1. The molecule has 5 nitrogen and oxygen atoms in total. The van der Waals surface area contributed by atoms with Crippen LogP contribution < -0.4 is 10.1 Å². The van der Waals surface area contributed by atoms with Crippen LogP contribution in [0.15, 0.2) is 48.5 Å². The molecule has 1 fully saturated rings. The number of hydrogen-bond acceptors (Lipinski definition) is 3. The van der Waals surface area contributed by atoms with Crippen LogP contribution >= 0.6 is 0 Å². The predicted molar refractivity (Wildman–Crippen MR) is 115 cm³/mol. The fourth-order valence-electron chi connectivity index (χ4n) is 3.55. The minimum absolute atomic E-state index is 0.0234. The normalized spacial score (nSPS) is 14.9. The molecule has 5 heteroatoms. The van der Waals surface area contributed by atoms with Gasteiger partial charge in [0.15, 0.2) is 6.10 Å². The molecule has 2 amide bonds. The number of rotatable bonds is 7. The Labute approximate surface area is 173 Å². The standard InChI is InChI=1S/C24H30N2O3/c1-3-18-12-14-19(15-13-18)29-22(4-2)23(27)25-21-11-7-6-10-20(21)24(28)26-16-8-5-9-17-26/h6-7,10-15,22H,3-5,8-9,16-17H2,1-2H3,(H,25,27)/t22-/m1/s1. The Bertz CT molecular complexity index is 826. The van der Waals surface area contributed by atoms with Crippen LogP contribution in [0.4, 0.5) is 5.69 Å². The first-order chi connectivity index (χ1) is 14.1. The lowest BCUT2D eigenvalue weighted by Gasteiger charge is -2.27. The minimum Gasteiger partial charge on any atom is -0.481 e. The molecule has 0 aromatic heterocycles. The maximum absolute atomic E-state index is 12.9. The van der Waals surface area contributed by atoms with Crippen LogP contribution in [0.1, 0.15) is 55.5 Å². The summed E-state index contributed by atoms with van der Waals surface area (Å²) >= 11 is 0. The van der Waals surface area contributed by atoms with Crippen LogP contribution in [-0.4, -0.2) is 35.9 Å². The highest BCUT2D eigenvalue weighted by Crippen LogP contribution is 2.21. The molecule has 1 aliphatic heterocycles. The maximum atomic E-state index is 12.9. The summed E-state index contributed by atoms with van der Waals surface area (Å²) in [6, 6.07) is 15.0. The van der Waals surface area contributed by atoms with Gasteiger partial charge in [-0.15, -0.1) is 0 Å². The summed E-state index contributed by atoms with van der Waals surface area (Å²) in [7, 11) is 0. The van der Waals surface area contributed by atoms with Crippen molar-refractivity contribution in [1.29, 1.82) is 0 Å². The minimum atomic E-state index is -0.624. The van der Waals surface area contributed by atoms with Crippen LogP contribution in [0.2, 0.25) is 0 Å². The summed E-state index contributed by atoms with van der Waals surface area (Å²) in [6.45, 7) is 5.56. The highest BCUT2D eigenvalue weighted by Gasteiger charge is 2.24. The van der Waals surface area contributed by atoms with E-state index in [2.05, 4.69) is 12.2 Å². The van der Waals surface area contributed by atoms with Gasteiger partial charge in [-0.25, -0.2) is 0 Å². The zero-order valence-electron chi connectivity index (χ0n) is 17.3. The third-order valence-corrected chi connectivity index (χ3v) is 5.33. The molecule has 0 bridgehead atoms. The van der Waals surface area contributed by atoms with E-state index in [9.17, 15) is 9.59 Å². The van der Waals surface area contributed by atoms with Gasteiger partial charge in [-0.3, -0.25) is 9.59 Å². The first-order valence-electron chi connectivity index (χ1n) is 10.6. The topological polar surface area (TPSA) is 58.6 Å². The fraction of sp³-hybridized carbons (Fsp3) is 0.417. The number of nitrogens with one attached hydrogen (secondary N) is 1. The van der Waals surface area contributed by atoms with Gasteiger partial charge in [0.2, 0.25) is 0 Å². The van der Waals surface area contributed by atoms with E-state index in [0.29, 0.717) is 23.4 Å². The summed E-state index contributed by atoms with van der Waals surface area (Å²) in [4.78, 5) is 27.7. The molecule has 0 unspecified atom stereocenters. The lowest BCUT2D eigenvalue weighted by molar-refractivity contribution is -0.122. The first kappa shape index (κ1) is 20.9. The average molecular weight is 395 g/mol. The second-order valence-corrected chi connectivity index (χ2v) is 7.40. The molecule has 154 valence electrons. The molecular weight excluding hydrogens is 364 g/mol. The molecular formula is C24H30N2O3. The van der Waals surface area contributed by atoms with Gasteiger partial charge in [0.25, 0.3) is 11.8 Å². The maximum Gasteiger partial charge on any atom is 0.265 e. The van der Waals surface area contributed by atoms with Gasteiger partial charge in [-0.05, 0) is 61.9 Å². The number of amides is 2. The molecule has 1 N–H and O–H groups in total. The molecule has 0 radical (unpaired) electrons. The Morgan fingerprint density at radius 2 is 1.69 bits per heavy atom. The van der Waals surface area contributed by atoms with Gasteiger partial charge in [-0.2, -0.15) is 0 Å². The van der Waals surface area contributed by atoms with E-state index in [1.807, 2.05) is 48.2 Å². The summed E-state index contributed by atoms with van der Waals surface area (Å²) in [5.41, 5.74) is 2.29. The van der Waals surface area contributed by atoms with Gasteiger partial charge in [0.05, 0.1) is 11.3 Å². The highest BCUT2D eigenvalue weighted by molar-refractivity contribution is 6.04. The molecule has 1 aliphatic rings. The number of piperidine rings is 1. The highest BCUT2D eigenvalue weighted by atomic mass is 16.5. The van der Waals surface area contributed by atoms with E-state index in [4.69, 9.17) is 4.74 Å². The van der Waals surface area contributed by atoms with Gasteiger partial charge in [-0.1, -0.05) is 38.1 Å². The second kappa shape index (κ2) is 10.1. The fourth-order valence-corrected chi connectivity index (χ4v) is 3.55. The monoisotopic (exact) mass is 394 g/mol. The Balaban J connectivity index is 1.70. The number of likely N-dealkylation sites (tertiary alicyclic amines) is 1. The number of para-hydroxylation sites is 1. The molecule has 1 heterocycles. The molecule has 0 saturated carbocycles. The first-order valence-corrected chi connectivity index (χ1v) is 10.6. The van der Waals surface area contributed by atoms with Gasteiger partial charge in [0, 0.05) is 13.1 Å². The van der Waals surface area contributed by atoms with Crippen molar-refractivity contribution >= 4 is 17.5 Å². The van der Waals surface area contributed by atoms with E-state index in [-0.39, 0.29) is 11.8 Å². The molecule has 2 aromatic carbocycles. The Morgan fingerprint density at radius 1 is 1.00 bits per heavy atom. The van der Waals surface area contributed by atoms with Crippen molar-refractivity contribution in [2.45, 2.75) is 52.1 Å². The number of carbonyl (C=O) groups is 2. The van der Waals surface area contributed by atoms with E-state index < -0.39 is 6.10 Å². The summed E-state index contributed by atoms with van der Waals surface area (Å²) in [5, 5.41) is 2.91. The van der Waals surface area contributed by atoms with E-state index in [0.717, 1.165) is 38.8 Å². The van der Waals surface area contributed by atoms with Crippen molar-refractivity contribution in [3.63, 3.8) is 0 Å². The molecule has 29 heavy (non-hydrogen) atoms. The zero-order chi connectivity index (χ0) is 20.6. The molecule has 0 aliphatic carbocycles. The molecule has 1 saturated heterocycles. The second-order valence-electron chi connectivity index (χ2n) is 7.40. The Morgan fingerprint density at radius 3 is 2.34 bits per heavy atom. The molecule has 0 spiro atoms. The predicted octanol–water partition coefficient (Wildman–Crippen LogP) is 4.67. The quantitative estimate of drug-likeness (QED) is 0.742. The van der Waals surface area contributed by atoms with Crippen LogP contribution in [0.5, 0.6) is 5.75 Å². The summed E-state index contributed by atoms with van der Waals surface area (Å²) in [6.07, 6.45) is 4.09. The zero-order valence-corrected chi connectivity index (χ0v) is 17.3. The van der Waals surface area contributed by atoms with E-state index in [1.165, 1.54) is 5.56 Å². The van der Waals surface area contributed by atoms with Crippen molar-refractivity contribution in [1.82, 2.24) is 4.90 Å². The number of ether oxygens (including phenoxy) is 1. The molecule has 3 rings (SSSR count). The van der Waals surface area contributed by atoms with Crippen LogP contribution in [-0.2, 0) is 11.2 Å². The van der Waals surface area contributed by atoms with Crippen molar-refractivity contribution in [3.05, 3.63) is 59.7 Å². The van der Waals surface area contributed by atoms with Gasteiger partial charge in [0.1, 0.15) is 5.75 Å². The van der Waals surface area contributed by atoms with Crippen LogP contribution in [0, 0.1) is 0 Å². The third kappa shape index (κ3) is 5.37. The van der Waals surface area contributed by atoms with Crippen LogP contribution in [0.25, 0.3) is 0 Å². The smallest absolute Gasteiger partial charge is 0.265 e.